The number of methoxy groups -OCH3 is 1. The van der Waals surface area contributed by atoms with E-state index in [1.54, 1.807) is 24.3 Å². The van der Waals surface area contributed by atoms with Gasteiger partial charge in [0.2, 0.25) is 0 Å². The van der Waals surface area contributed by atoms with Crippen LogP contribution in [0.25, 0.3) is 0 Å². The summed E-state index contributed by atoms with van der Waals surface area (Å²) in [6.45, 7) is 8.29. The molecule has 3 aliphatic rings. The van der Waals surface area contributed by atoms with Crippen molar-refractivity contribution in [2.75, 3.05) is 13.7 Å². The topological polar surface area (TPSA) is 96.2 Å². The Morgan fingerprint density at radius 1 is 1.07 bits per heavy atom. The minimum Gasteiger partial charge on any atom is -0.492 e. The van der Waals surface area contributed by atoms with Gasteiger partial charge in [-0.15, -0.1) is 0 Å². The SMILES string of the molecule is COC(=O)CC1COc2cc(OC3CCc4c(Oc5ccc(B6OC(C)(C)C(C)(C)O6)cc5C#N)ccc(F)c43)ccc21. The molecule has 0 amide bonds. The zero-order chi connectivity index (χ0) is 30.5. The summed E-state index contributed by atoms with van der Waals surface area (Å²) in [7, 11) is 0.758. The zero-order valence-electron chi connectivity index (χ0n) is 24.9. The van der Waals surface area contributed by atoms with Gasteiger partial charge in [-0.25, -0.2) is 4.39 Å². The van der Waals surface area contributed by atoms with Crippen LogP contribution in [0.1, 0.15) is 74.8 Å². The Morgan fingerprint density at radius 3 is 2.53 bits per heavy atom. The molecule has 0 bridgehead atoms. The highest BCUT2D eigenvalue weighted by Crippen LogP contribution is 2.45. The molecular weight excluding hydrogens is 552 g/mol. The third kappa shape index (κ3) is 5.32. The van der Waals surface area contributed by atoms with Crippen LogP contribution in [0.15, 0.2) is 48.5 Å². The molecule has 8 nitrogen and oxygen atoms in total. The fourth-order valence-electron chi connectivity index (χ4n) is 5.77. The molecule has 0 spiro atoms. The Hall–Kier alpha value is -4.07. The van der Waals surface area contributed by atoms with Crippen LogP contribution >= 0.6 is 0 Å². The third-order valence-corrected chi connectivity index (χ3v) is 8.89. The van der Waals surface area contributed by atoms with Gasteiger partial charge in [0.15, 0.2) is 0 Å². The van der Waals surface area contributed by atoms with Gasteiger partial charge < -0.3 is 28.3 Å². The summed E-state index contributed by atoms with van der Waals surface area (Å²) < 4.78 is 50.5. The molecule has 10 heteroatoms. The van der Waals surface area contributed by atoms with E-state index in [4.69, 9.17) is 28.3 Å². The molecule has 1 fully saturated rings. The summed E-state index contributed by atoms with van der Waals surface area (Å²) in [6.07, 6.45) is 0.818. The van der Waals surface area contributed by atoms with Crippen LogP contribution in [0.3, 0.4) is 0 Å². The predicted molar refractivity (Wildman–Crippen MR) is 156 cm³/mol. The molecule has 1 saturated heterocycles. The fraction of sp³-hybridized carbons (Fsp3) is 0.394. The molecule has 222 valence electrons. The number of esters is 1. The van der Waals surface area contributed by atoms with Gasteiger partial charge in [-0.2, -0.15) is 5.26 Å². The number of hydrogen-bond acceptors (Lipinski definition) is 8. The number of benzene rings is 3. The number of rotatable bonds is 7. The fourth-order valence-corrected chi connectivity index (χ4v) is 5.77. The van der Waals surface area contributed by atoms with Crippen LogP contribution in [-0.2, 0) is 25.3 Å². The number of nitrogens with zero attached hydrogens (tertiary/aromatic N) is 1. The van der Waals surface area contributed by atoms with Crippen molar-refractivity contribution in [2.45, 2.75) is 70.2 Å². The number of fused-ring (bicyclic) bond motifs is 2. The van der Waals surface area contributed by atoms with E-state index in [9.17, 15) is 10.1 Å². The van der Waals surface area contributed by atoms with Crippen LogP contribution in [0.4, 0.5) is 4.39 Å². The zero-order valence-corrected chi connectivity index (χ0v) is 24.9. The molecule has 0 saturated carbocycles. The largest absolute Gasteiger partial charge is 0.494 e. The van der Waals surface area contributed by atoms with Crippen molar-refractivity contribution in [3.05, 3.63) is 76.6 Å². The van der Waals surface area contributed by atoms with E-state index in [1.165, 1.54) is 13.2 Å². The number of nitriles is 1. The molecular formula is C33H33BFNO7. The maximum Gasteiger partial charge on any atom is 0.494 e. The molecule has 3 aromatic rings. The number of carbonyl (C=O) groups excluding carboxylic acids is 1. The van der Waals surface area contributed by atoms with Crippen molar-refractivity contribution in [3.8, 4) is 29.1 Å². The van der Waals surface area contributed by atoms with Crippen molar-refractivity contribution >= 4 is 18.6 Å². The van der Waals surface area contributed by atoms with Crippen molar-refractivity contribution in [1.82, 2.24) is 0 Å². The molecule has 2 unspecified atom stereocenters. The maximum absolute atomic E-state index is 15.2. The highest BCUT2D eigenvalue weighted by atomic mass is 19.1. The van der Waals surface area contributed by atoms with Gasteiger partial charge in [0.1, 0.15) is 41.0 Å². The van der Waals surface area contributed by atoms with Crippen LogP contribution < -0.4 is 19.7 Å². The lowest BCUT2D eigenvalue weighted by molar-refractivity contribution is -0.141. The Morgan fingerprint density at radius 2 is 1.81 bits per heavy atom. The molecule has 1 aliphatic carbocycles. The average Bonchev–Trinajstić information content (AvgIpc) is 3.64. The van der Waals surface area contributed by atoms with Crippen molar-refractivity contribution in [2.24, 2.45) is 0 Å². The molecule has 0 aromatic heterocycles. The van der Waals surface area contributed by atoms with Gasteiger partial charge in [0, 0.05) is 28.7 Å². The van der Waals surface area contributed by atoms with Gasteiger partial charge in [0.05, 0.1) is 36.9 Å². The molecule has 3 aromatic carbocycles. The van der Waals surface area contributed by atoms with Crippen LogP contribution in [0.5, 0.6) is 23.0 Å². The van der Waals surface area contributed by atoms with E-state index in [0.717, 1.165) is 11.0 Å². The van der Waals surface area contributed by atoms with Crippen LogP contribution in [0, 0.1) is 17.1 Å². The molecule has 2 heterocycles. The minimum atomic E-state index is -0.609. The Bertz CT molecular complexity index is 1620. The second kappa shape index (κ2) is 10.9. The molecule has 43 heavy (non-hydrogen) atoms. The first-order chi connectivity index (χ1) is 20.5. The monoisotopic (exact) mass is 585 g/mol. The van der Waals surface area contributed by atoms with Gasteiger partial charge in [-0.05, 0) is 76.3 Å². The first-order valence-corrected chi connectivity index (χ1v) is 14.4. The van der Waals surface area contributed by atoms with Crippen molar-refractivity contribution in [3.63, 3.8) is 0 Å². The lowest BCUT2D eigenvalue weighted by Crippen LogP contribution is -2.41. The number of halogens is 1. The molecule has 2 atom stereocenters. The molecule has 6 rings (SSSR count). The van der Waals surface area contributed by atoms with Gasteiger partial charge in [0.25, 0.3) is 0 Å². The second-order valence-corrected chi connectivity index (χ2v) is 12.1. The lowest BCUT2D eigenvalue weighted by atomic mass is 9.78. The Kier molecular flexibility index (Phi) is 7.35. The maximum atomic E-state index is 15.2. The summed E-state index contributed by atoms with van der Waals surface area (Å²) in [5.41, 5.74) is 2.09. The summed E-state index contributed by atoms with van der Waals surface area (Å²) in [6, 6.07) is 15.9. The van der Waals surface area contributed by atoms with E-state index < -0.39 is 24.4 Å². The quantitative estimate of drug-likeness (QED) is 0.250. The summed E-state index contributed by atoms with van der Waals surface area (Å²) in [4.78, 5) is 11.7. The Balaban J connectivity index is 1.21. The Labute approximate surface area is 250 Å². The second-order valence-electron chi connectivity index (χ2n) is 12.1. The summed E-state index contributed by atoms with van der Waals surface area (Å²) >= 11 is 0. The summed E-state index contributed by atoms with van der Waals surface area (Å²) in [5, 5.41) is 9.93. The first kappa shape index (κ1) is 29.0. The summed E-state index contributed by atoms with van der Waals surface area (Å²) in [5.74, 6) is 1.28. The number of carbonyl (C=O) groups is 1. The van der Waals surface area contributed by atoms with E-state index in [1.807, 2.05) is 45.9 Å². The van der Waals surface area contributed by atoms with Gasteiger partial charge in [-0.1, -0.05) is 12.1 Å². The lowest BCUT2D eigenvalue weighted by Gasteiger charge is -2.32. The normalized spacial score (nSPS) is 21.0. The molecule has 0 N–H and O–H groups in total. The van der Waals surface area contributed by atoms with E-state index in [0.29, 0.717) is 59.1 Å². The van der Waals surface area contributed by atoms with Gasteiger partial charge >= 0.3 is 13.1 Å². The first-order valence-electron chi connectivity index (χ1n) is 14.4. The smallest absolute Gasteiger partial charge is 0.492 e. The van der Waals surface area contributed by atoms with Crippen LogP contribution in [0.2, 0.25) is 0 Å². The van der Waals surface area contributed by atoms with Gasteiger partial charge in [-0.3, -0.25) is 4.79 Å². The third-order valence-electron chi connectivity index (χ3n) is 8.89. The van der Waals surface area contributed by atoms with Crippen LogP contribution in [-0.4, -0.2) is 38.0 Å². The molecule has 2 aliphatic heterocycles. The number of ether oxygens (including phenoxy) is 4. The number of hydrogen-bond donors (Lipinski definition) is 0. The van der Waals surface area contributed by atoms with Crippen molar-refractivity contribution < 1.29 is 37.4 Å². The van der Waals surface area contributed by atoms with E-state index in [-0.39, 0.29) is 24.1 Å². The average molecular weight is 585 g/mol. The van der Waals surface area contributed by atoms with Crippen molar-refractivity contribution in [1.29, 1.82) is 5.26 Å². The standard InChI is InChI=1S/C33H33BFNO7/c1-32(2)33(3,4)43-34(42-32)21-6-11-26(19(14-21)17-36)41-27-13-10-25(35)31-24(27)9-12-28(31)40-22-7-8-23-20(15-30(37)38-5)18-39-29(23)16-22/h6-8,10-11,13-14,16,20,28H,9,12,15,18H2,1-5H3. The minimum absolute atomic E-state index is 0.0786. The van der Waals surface area contributed by atoms with E-state index in [2.05, 4.69) is 6.07 Å². The highest BCUT2D eigenvalue weighted by molar-refractivity contribution is 6.62. The highest BCUT2D eigenvalue weighted by Gasteiger charge is 2.51. The molecule has 0 radical (unpaired) electrons. The van der Waals surface area contributed by atoms with E-state index >= 15 is 4.39 Å². The predicted octanol–water partition coefficient (Wildman–Crippen LogP) is 5.89.